The van der Waals surface area contributed by atoms with Crippen LogP contribution in [-0.4, -0.2) is 54.3 Å². The molecule has 15 nitrogen and oxygen atoms in total. The third kappa shape index (κ3) is 8.23. The number of carbonyl (C=O) groups excluding carboxylic acids is 1. The summed E-state index contributed by atoms with van der Waals surface area (Å²) >= 11 is 0. The van der Waals surface area contributed by atoms with Gasteiger partial charge in [0.05, 0.1) is 54.3 Å². The monoisotopic (exact) mass is 644 g/mol. The number of benzene rings is 1. The van der Waals surface area contributed by atoms with Crippen molar-refractivity contribution in [1.29, 1.82) is 0 Å². The van der Waals surface area contributed by atoms with Gasteiger partial charge in [-0.2, -0.15) is 4.98 Å². The Bertz CT molecular complexity index is 2210. The molecule has 0 fully saturated rings. The fraction of sp³-hybridized carbons (Fsp3) is 0.304. The average molecular weight is 645 g/mol. The number of fused-ring (bicyclic) bond motifs is 1. The first-order chi connectivity index (χ1) is 26.9. The molecule has 1 aliphatic heterocycles. The summed E-state index contributed by atoms with van der Waals surface area (Å²) in [5, 5.41) is 4.12. The zero-order valence-electron chi connectivity index (χ0n) is 41.0. The molecule has 3 aromatic rings. The molecule has 3 heterocycles. The Morgan fingerprint density at radius 3 is 2.43 bits per heavy atom. The fourth-order valence-electron chi connectivity index (χ4n) is 2.87. The van der Waals surface area contributed by atoms with Gasteiger partial charge in [0.15, 0.2) is 40.3 Å². The first-order valence-electron chi connectivity index (χ1n) is 19.9. The minimum Gasteiger partial charge on any atom is -0.790 e. The van der Waals surface area contributed by atoms with E-state index in [4.69, 9.17) is 41.6 Å². The summed E-state index contributed by atoms with van der Waals surface area (Å²) < 4.78 is 206. The zero-order valence-corrected chi connectivity index (χ0v) is 25.9. The molecule has 42 heavy (non-hydrogen) atoms. The second-order valence-electron chi connectivity index (χ2n) is 7.08. The number of amides is 1. The molecule has 0 bridgehead atoms. The molecular formula is C23H24FN6Na2O9P. The summed E-state index contributed by atoms with van der Waals surface area (Å²) in [6, 6.07) is -5.03. The van der Waals surface area contributed by atoms with Crippen LogP contribution in [0, 0.1) is 5.82 Å². The van der Waals surface area contributed by atoms with Crippen LogP contribution in [0.2, 0.25) is 0 Å². The summed E-state index contributed by atoms with van der Waals surface area (Å²) in [7, 11) is -16.6. The van der Waals surface area contributed by atoms with E-state index in [9.17, 15) is 19.1 Å². The van der Waals surface area contributed by atoms with Gasteiger partial charge in [-0.05, 0) is 25.8 Å². The molecule has 214 valence electrons. The third-order valence-corrected chi connectivity index (χ3v) is 4.90. The molecule has 0 atom stereocenters. The van der Waals surface area contributed by atoms with Gasteiger partial charge in [0.25, 0.3) is 5.91 Å². The maximum atomic E-state index is 15.4. The maximum absolute atomic E-state index is 15.4. The molecule has 0 unspecified atom stereocenters. The van der Waals surface area contributed by atoms with Gasteiger partial charge in [-0.15, -0.1) is 0 Å². The molecule has 1 aliphatic rings. The topological polar surface area (TPSA) is 192 Å². The minimum atomic E-state index is -6.04. The number of hydrogen-bond donors (Lipinski definition) is 2. The van der Waals surface area contributed by atoms with E-state index in [1.807, 2.05) is 5.32 Å². The molecule has 0 spiro atoms. The van der Waals surface area contributed by atoms with E-state index < -0.39 is 149 Å². The van der Waals surface area contributed by atoms with Gasteiger partial charge >= 0.3 is 59.1 Å². The van der Waals surface area contributed by atoms with Crippen molar-refractivity contribution in [2.24, 2.45) is 0 Å². The van der Waals surface area contributed by atoms with Crippen LogP contribution in [0.3, 0.4) is 0 Å². The van der Waals surface area contributed by atoms with Crippen LogP contribution in [0.25, 0.3) is 0 Å². The molecule has 2 N–H and O–H groups in total. The van der Waals surface area contributed by atoms with Crippen molar-refractivity contribution in [2.45, 2.75) is 19.3 Å². The number of aromatic nitrogens is 3. The molecule has 0 radical (unpaired) electrons. The number of nitrogens with zero attached hydrogens (tertiary/aromatic N) is 4. The Kier molecular flexibility index (Phi) is 5.58. The number of pyridine rings is 1. The van der Waals surface area contributed by atoms with E-state index >= 15 is 4.39 Å². The van der Waals surface area contributed by atoms with Crippen molar-refractivity contribution in [1.82, 2.24) is 15.0 Å². The first-order valence-corrected chi connectivity index (χ1v) is 11.4. The number of hydrogen-bond acceptors (Lipinski definition) is 14. The second kappa shape index (κ2) is 14.5. The number of phosphoric ester groups is 1. The Morgan fingerprint density at radius 2 is 1.81 bits per heavy atom. The van der Waals surface area contributed by atoms with Crippen LogP contribution in [0.5, 0.6) is 23.0 Å². The van der Waals surface area contributed by atoms with Crippen molar-refractivity contribution < 1.29 is 134 Å². The van der Waals surface area contributed by atoms with Gasteiger partial charge in [-0.3, -0.25) is 9.69 Å². The quantitative estimate of drug-likeness (QED) is 0.160. The van der Waals surface area contributed by atoms with Gasteiger partial charge in [0, 0.05) is 26.0 Å². The van der Waals surface area contributed by atoms with Gasteiger partial charge in [0.1, 0.15) is 12.5 Å². The van der Waals surface area contributed by atoms with Crippen molar-refractivity contribution in [3.8, 4) is 23.0 Å². The number of anilines is 5. The van der Waals surface area contributed by atoms with E-state index in [2.05, 4.69) is 29.5 Å². The Hall–Kier alpha value is -2.24. The molecule has 2 aromatic heterocycles. The molecule has 0 saturated heterocycles. The molecule has 0 aliphatic carbocycles. The maximum Gasteiger partial charge on any atom is 1.00 e. The van der Waals surface area contributed by atoms with Crippen molar-refractivity contribution in [3.63, 3.8) is 0 Å². The third-order valence-electron chi connectivity index (χ3n) is 4.47. The first kappa shape index (κ1) is 16.2. The number of phosphoric acid groups is 1. The average Bonchev–Trinajstić information content (AvgIpc) is 3.04. The van der Waals surface area contributed by atoms with Gasteiger partial charge < -0.3 is 48.5 Å². The standard InChI is InChI=1S/C23H26FN6O9P.2Na/c1-23(2)21(31)30(11-38-40(32,33)34)20-14(39-23)6-7-17(28-20)27-19-13(24)10-25-22(29-19)26-12-8-15(35-3)18(37-5)16(9-12)36-4;;/h6-10H,11H2,1-5H3,(H2,32,33,34)(H2,25,26,27,28,29);;/q;2*+1/p-2/i1D3,2D3,3D3,4D3,5D3,6D,7D,8D,9D,10D;;. The molecule has 0 saturated carbocycles. The van der Waals surface area contributed by atoms with E-state index in [-0.39, 0.29) is 64.0 Å². The van der Waals surface area contributed by atoms with Gasteiger partial charge in [-0.25, -0.2) is 14.4 Å². The fourth-order valence-corrected chi connectivity index (χ4v) is 3.13. The van der Waals surface area contributed by atoms with E-state index in [1.165, 1.54) is 0 Å². The molecule has 1 amide bonds. The minimum absolute atomic E-state index is 0. The zero-order chi connectivity index (χ0) is 46.1. The van der Waals surface area contributed by atoms with Gasteiger partial charge in [0.2, 0.25) is 11.7 Å². The van der Waals surface area contributed by atoms with E-state index in [0.29, 0.717) is 0 Å². The van der Waals surface area contributed by atoms with Crippen LogP contribution in [-0.2, 0) is 13.9 Å². The summed E-state index contributed by atoms with van der Waals surface area (Å²) in [4.78, 5) is 47.0. The van der Waals surface area contributed by atoms with Crippen LogP contribution in [0.4, 0.5) is 33.5 Å². The normalized spacial score (nSPS) is 22.0. The van der Waals surface area contributed by atoms with Crippen LogP contribution in [0.1, 0.15) is 41.1 Å². The van der Waals surface area contributed by atoms with Crippen molar-refractivity contribution in [2.75, 3.05) is 43.4 Å². The summed E-state index contributed by atoms with van der Waals surface area (Å²) in [5.74, 6) is -13.6. The Labute approximate surface area is 312 Å². The number of ether oxygens (including phenoxy) is 4. The second-order valence-corrected chi connectivity index (χ2v) is 8.23. The molecule has 1 aromatic carbocycles. The molecule has 4 rings (SSSR count). The summed E-state index contributed by atoms with van der Waals surface area (Å²) in [6.07, 6.45) is -1.36. The van der Waals surface area contributed by atoms with E-state index in [0.717, 1.165) is 0 Å². The molecular weight excluding hydrogens is 600 g/mol. The van der Waals surface area contributed by atoms with Crippen molar-refractivity contribution >= 4 is 42.8 Å². The Morgan fingerprint density at radius 1 is 1.12 bits per heavy atom. The predicted octanol–water partition coefficient (Wildman–Crippen LogP) is -4.16. The number of methoxy groups -OCH3 is 3. The summed E-state index contributed by atoms with van der Waals surface area (Å²) in [6.45, 7) is -9.65. The number of carbonyl (C=O) groups is 1. The SMILES string of the molecule is [2H]c1nc(Nc2c([2H])c(OC([2H])([2H])[2H])c(OC([2H])([2H])[2H])c(OC([2H])([2H])[2H])c2[2H])nc(Nc2nc3c(c([2H])c2[2H])OC(C([2H])([2H])[2H])(C([2H])([2H])[2H])C(=O)N3COP(=O)([O-])[O-])c1F.[Na+].[Na+]. The molecule has 19 heteroatoms. The van der Waals surface area contributed by atoms with Gasteiger partial charge in [-0.1, -0.05) is 0 Å². The van der Waals surface area contributed by atoms with Crippen LogP contribution < -0.4 is 103 Å². The predicted molar refractivity (Wildman–Crippen MR) is 135 cm³/mol. The number of nitrogens with one attached hydrogen (secondary N) is 2. The number of rotatable bonds is 10. The Balaban J connectivity index is 0.00000661. The largest absolute Gasteiger partial charge is 1.00 e. The van der Waals surface area contributed by atoms with Crippen LogP contribution in [0.15, 0.2) is 30.3 Å². The van der Waals surface area contributed by atoms with Crippen LogP contribution >= 0.6 is 7.82 Å². The summed E-state index contributed by atoms with van der Waals surface area (Å²) in [5.41, 5.74) is -4.96. The number of halogens is 1. The smallest absolute Gasteiger partial charge is 0.790 e. The van der Waals surface area contributed by atoms with Crippen molar-refractivity contribution in [3.05, 3.63) is 36.2 Å². The van der Waals surface area contributed by atoms with E-state index in [1.54, 1.807) is 0 Å².